The van der Waals surface area contributed by atoms with E-state index >= 15 is 0 Å². The van der Waals surface area contributed by atoms with E-state index in [2.05, 4.69) is 29.3 Å². The molecule has 0 aliphatic carbocycles. The fraction of sp³-hybridized carbons (Fsp3) is 0.595. The Morgan fingerprint density at radius 3 is 2.55 bits per heavy atom. The molecule has 5 unspecified atom stereocenters. The number of aryl methyl sites for hydroxylation is 2. The number of aliphatic hydroxyl groups excluding tert-OH is 1. The molecule has 10 nitrogen and oxygen atoms in total. The van der Waals surface area contributed by atoms with Gasteiger partial charge in [-0.3, -0.25) is 9.59 Å². The monoisotopic (exact) mass is 714 g/mol. The van der Waals surface area contributed by atoms with Gasteiger partial charge in [0, 0.05) is 49.9 Å². The molecule has 5 atom stereocenters. The van der Waals surface area contributed by atoms with Crippen molar-refractivity contribution in [3.8, 4) is 11.5 Å². The van der Waals surface area contributed by atoms with Crippen LogP contribution in [0.2, 0.25) is 0 Å². The fourth-order valence-corrected chi connectivity index (χ4v) is 9.60. The molecular weight excluding hydrogens is 661 g/mol. The number of fused-ring (bicyclic) bond motifs is 4. The molecule has 2 aliphatic heterocycles. The third kappa shape index (κ3) is 13.3. The van der Waals surface area contributed by atoms with Gasteiger partial charge in [0.05, 0.1) is 19.3 Å². The van der Waals surface area contributed by atoms with Crippen LogP contribution in [0.5, 0.6) is 11.5 Å². The van der Waals surface area contributed by atoms with Crippen LogP contribution in [0.25, 0.3) is 0 Å². The Kier molecular flexibility index (Phi) is 15.7. The number of phenols is 1. The largest absolute Gasteiger partial charge is 0.504 e. The smallest absolute Gasteiger partial charge is 0.302 e. The zero-order valence-corrected chi connectivity index (χ0v) is 30.6. The number of aliphatic imine (C=N–C) groups is 1. The third-order valence-corrected chi connectivity index (χ3v) is 12.0. The Labute approximate surface area is 299 Å². The van der Waals surface area contributed by atoms with Gasteiger partial charge in [0.25, 0.3) is 0 Å². The number of phenolic OH excluding ortho intramolecular Hbond substituents is 1. The quantitative estimate of drug-likeness (QED) is 0.128. The second-order valence-electron chi connectivity index (χ2n) is 13.5. The molecule has 270 valence electrons. The minimum absolute atomic E-state index is 0.00820. The summed E-state index contributed by atoms with van der Waals surface area (Å²) < 4.78 is 11.1. The van der Waals surface area contributed by atoms with Crippen LogP contribution in [0.4, 0.5) is 0 Å². The van der Waals surface area contributed by atoms with Crippen LogP contribution in [-0.2, 0) is 33.7 Å². The van der Waals surface area contributed by atoms with E-state index in [0.29, 0.717) is 62.3 Å². The van der Waals surface area contributed by atoms with Gasteiger partial charge in [-0.25, -0.2) is 4.99 Å². The molecule has 4 bridgehead atoms. The molecule has 2 aliphatic rings. The number of benzene rings is 2. The number of aromatic hydroxyl groups is 1. The lowest BCUT2D eigenvalue weighted by Crippen LogP contribution is -2.28. The minimum atomic E-state index is -0.579. The third-order valence-electron chi connectivity index (χ3n) is 9.38. The second kappa shape index (κ2) is 19.9. The zero-order valence-electron chi connectivity index (χ0n) is 28.9. The van der Waals surface area contributed by atoms with E-state index in [0.717, 1.165) is 49.2 Å². The summed E-state index contributed by atoms with van der Waals surface area (Å²) in [5.74, 6) is 2.41. The Hall–Kier alpha value is -3.09. The highest BCUT2D eigenvalue weighted by Gasteiger charge is 2.32. The van der Waals surface area contributed by atoms with Crippen molar-refractivity contribution in [1.29, 1.82) is 0 Å². The first-order valence-corrected chi connectivity index (χ1v) is 20.0. The average Bonchev–Trinajstić information content (AvgIpc) is 3.40. The Balaban J connectivity index is 1.51. The van der Waals surface area contributed by atoms with E-state index in [1.807, 2.05) is 22.9 Å². The summed E-state index contributed by atoms with van der Waals surface area (Å²) in [7, 11) is 5.14. The first-order valence-electron chi connectivity index (χ1n) is 17.5. The highest BCUT2D eigenvalue weighted by molar-refractivity contribution is 8.76. The number of aliphatic hydroxyl groups is 1. The standard InChI is InChI=1S/C37H54N4O6S2/c1-25(42)47-33-15-14-28-16-30(36(45)34(18-28)46-2)22-41-21-29(19-35(41)44)17-31(40-37(38)39)24-49-48-23-27(10-6-7-11-32(43)20-33)13-12-26-8-4-3-5-9-26/h3-5,8-9,16,18,27,29,31-33,43,45H,6-7,10-15,17,19-24H2,1-2H3,(H4,38,39,40). The van der Waals surface area contributed by atoms with Crippen molar-refractivity contribution in [3.05, 3.63) is 59.2 Å². The number of amides is 1. The van der Waals surface area contributed by atoms with Crippen molar-refractivity contribution in [2.24, 2.45) is 28.3 Å². The van der Waals surface area contributed by atoms with E-state index in [1.165, 1.54) is 19.6 Å². The van der Waals surface area contributed by atoms with Gasteiger partial charge in [-0.1, -0.05) is 70.8 Å². The molecule has 0 radical (unpaired) electrons. The highest BCUT2D eigenvalue weighted by atomic mass is 33.1. The number of nitrogens with two attached hydrogens (primary N) is 2. The summed E-state index contributed by atoms with van der Waals surface area (Å²) in [5, 5.41) is 22.0. The Bertz CT molecular complexity index is 1380. The molecule has 2 heterocycles. The van der Waals surface area contributed by atoms with Crippen molar-refractivity contribution in [2.45, 2.75) is 102 Å². The maximum atomic E-state index is 13.2. The van der Waals surface area contributed by atoms with E-state index in [1.54, 1.807) is 21.8 Å². The van der Waals surface area contributed by atoms with Crippen molar-refractivity contribution < 1.29 is 29.3 Å². The average molecular weight is 715 g/mol. The van der Waals surface area contributed by atoms with Gasteiger partial charge < -0.3 is 36.1 Å². The van der Waals surface area contributed by atoms with Crippen molar-refractivity contribution in [2.75, 3.05) is 25.2 Å². The number of hydrogen-bond acceptors (Lipinski definition) is 9. The summed E-state index contributed by atoms with van der Waals surface area (Å²) in [5.41, 5.74) is 14.5. The van der Waals surface area contributed by atoms with Crippen LogP contribution in [0, 0.1) is 11.8 Å². The molecule has 49 heavy (non-hydrogen) atoms. The maximum absolute atomic E-state index is 13.2. The van der Waals surface area contributed by atoms with Crippen LogP contribution < -0.4 is 16.2 Å². The number of carbonyl (C=O) groups excluding carboxylic acids is 2. The van der Waals surface area contributed by atoms with Crippen LogP contribution in [0.15, 0.2) is 47.5 Å². The zero-order chi connectivity index (χ0) is 35.2. The molecule has 1 amide bonds. The van der Waals surface area contributed by atoms with Crippen molar-refractivity contribution >= 4 is 39.4 Å². The van der Waals surface area contributed by atoms with E-state index in [4.69, 9.17) is 20.9 Å². The minimum Gasteiger partial charge on any atom is -0.504 e. The van der Waals surface area contributed by atoms with Gasteiger partial charge in [0.15, 0.2) is 17.5 Å². The number of esters is 1. The molecule has 12 heteroatoms. The number of rotatable bonds is 6. The molecule has 2 aromatic carbocycles. The fourth-order valence-electron chi connectivity index (χ4n) is 6.89. The molecule has 4 rings (SSSR count). The predicted molar refractivity (Wildman–Crippen MR) is 199 cm³/mol. The molecule has 0 saturated carbocycles. The van der Waals surface area contributed by atoms with Crippen LogP contribution in [-0.4, -0.2) is 76.4 Å². The normalized spacial score (nSPS) is 24.9. The van der Waals surface area contributed by atoms with Gasteiger partial charge in [-0.15, -0.1) is 0 Å². The number of methoxy groups -OCH3 is 1. The molecular formula is C37H54N4O6S2. The molecule has 6 N–H and O–H groups in total. The summed E-state index contributed by atoms with van der Waals surface area (Å²) in [6.07, 6.45) is 7.25. The lowest BCUT2D eigenvalue weighted by molar-refractivity contribution is -0.148. The van der Waals surface area contributed by atoms with E-state index in [-0.39, 0.29) is 42.1 Å². The number of ether oxygens (including phenoxy) is 2. The van der Waals surface area contributed by atoms with Gasteiger partial charge in [0.1, 0.15) is 6.10 Å². The summed E-state index contributed by atoms with van der Waals surface area (Å²) in [4.78, 5) is 31.5. The van der Waals surface area contributed by atoms with Gasteiger partial charge in [-0.2, -0.15) is 0 Å². The predicted octanol–water partition coefficient (Wildman–Crippen LogP) is 5.60. The summed E-state index contributed by atoms with van der Waals surface area (Å²) in [6, 6.07) is 14.1. The van der Waals surface area contributed by atoms with Crippen molar-refractivity contribution in [3.63, 3.8) is 0 Å². The van der Waals surface area contributed by atoms with Crippen LogP contribution >= 0.6 is 21.6 Å². The van der Waals surface area contributed by atoms with E-state index in [9.17, 15) is 19.8 Å². The van der Waals surface area contributed by atoms with Gasteiger partial charge in [-0.05, 0) is 74.0 Å². The van der Waals surface area contributed by atoms with Crippen LogP contribution in [0.3, 0.4) is 0 Å². The molecule has 0 spiro atoms. The number of guanidine groups is 1. The number of carbonyl (C=O) groups is 2. The van der Waals surface area contributed by atoms with Gasteiger partial charge >= 0.3 is 5.97 Å². The Morgan fingerprint density at radius 1 is 1.06 bits per heavy atom. The van der Waals surface area contributed by atoms with Crippen LogP contribution in [0.1, 0.15) is 81.4 Å². The number of nitrogens with zero attached hydrogens (tertiary/aromatic N) is 2. The lowest BCUT2D eigenvalue weighted by atomic mass is 9.94. The first-order chi connectivity index (χ1) is 23.6. The first kappa shape index (κ1) is 38.7. The second-order valence-corrected chi connectivity index (χ2v) is 16.0. The lowest BCUT2D eigenvalue weighted by Gasteiger charge is -2.22. The molecule has 1 fully saturated rings. The summed E-state index contributed by atoms with van der Waals surface area (Å²) in [6.45, 7) is 2.19. The molecule has 1 saturated heterocycles. The Morgan fingerprint density at radius 2 is 1.82 bits per heavy atom. The van der Waals surface area contributed by atoms with Gasteiger partial charge in [0.2, 0.25) is 5.91 Å². The topological polar surface area (TPSA) is 161 Å². The van der Waals surface area contributed by atoms with E-state index < -0.39 is 12.2 Å². The summed E-state index contributed by atoms with van der Waals surface area (Å²) >= 11 is 0. The maximum Gasteiger partial charge on any atom is 0.302 e. The highest BCUT2D eigenvalue weighted by Crippen LogP contribution is 2.36. The molecule has 0 aromatic heterocycles. The van der Waals surface area contributed by atoms with Crippen molar-refractivity contribution in [1.82, 2.24) is 4.90 Å². The number of hydrogen-bond donors (Lipinski definition) is 4. The molecule has 2 aromatic rings. The SMILES string of the molecule is COc1cc2cc(c1O)CN1CC(CC1=O)CC(N=C(N)N)CSSCC(CCc1ccccc1)CCCCC(O)CC(OC(C)=O)CC2.